The van der Waals surface area contributed by atoms with E-state index < -0.39 is 0 Å². The summed E-state index contributed by atoms with van der Waals surface area (Å²) in [4.78, 5) is 23.3. The number of aromatic nitrogens is 2. The fraction of sp³-hybridized carbons (Fsp3) is 0.474. The number of hydrogen-bond acceptors (Lipinski definition) is 6. The second-order valence-corrected chi connectivity index (χ2v) is 7.95. The summed E-state index contributed by atoms with van der Waals surface area (Å²) in [7, 11) is 0. The number of hydrogen-bond donors (Lipinski definition) is 1. The van der Waals surface area contributed by atoms with E-state index in [4.69, 9.17) is 0 Å². The molecule has 1 saturated heterocycles. The summed E-state index contributed by atoms with van der Waals surface area (Å²) in [6, 6.07) is 6.26. The zero-order valence-electron chi connectivity index (χ0n) is 15.2. The zero-order valence-corrected chi connectivity index (χ0v) is 16.0. The van der Waals surface area contributed by atoms with Crippen LogP contribution in [0.25, 0.3) is 0 Å². The van der Waals surface area contributed by atoms with Crippen LogP contribution in [0.2, 0.25) is 0 Å². The van der Waals surface area contributed by atoms with Crippen LogP contribution in [0.1, 0.15) is 41.6 Å². The van der Waals surface area contributed by atoms with Crippen molar-refractivity contribution in [3.05, 3.63) is 40.2 Å². The molecule has 1 aliphatic rings. The van der Waals surface area contributed by atoms with Crippen molar-refractivity contribution in [2.75, 3.05) is 18.4 Å². The summed E-state index contributed by atoms with van der Waals surface area (Å²) < 4.78 is 0. The number of thiazole rings is 1. The Labute approximate surface area is 157 Å². The summed E-state index contributed by atoms with van der Waals surface area (Å²) >= 11 is 1.53. The van der Waals surface area contributed by atoms with Gasteiger partial charge in [-0.1, -0.05) is 6.07 Å². The number of likely N-dealkylation sites (tertiary alicyclic amines) is 1. The largest absolute Gasteiger partial charge is 0.302 e. The number of nitrogens with one attached hydrogen (secondary N) is 1. The normalized spacial score (nSPS) is 17.7. The van der Waals surface area contributed by atoms with Crippen LogP contribution in [0.3, 0.4) is 0 Å². The van der Waals surface area contributed by atoms with E-state index in [1.165, 1.54) is 24.7 Å². The minimum Gasteiger partial charge on any atom is -0.302 e. The SMILES string of the molecule is CC(=O)Nc1ncc(CN2CCCC(Cc3ccc(C)nc3C#N)C2)s1. The number of carbonyl (C=O) groups is 1. The first-order valence-corrected chi connectivity index (χ1v) is 9.66. The van der Waals surface area contributed by atoms with E-state index in [-0.39, 0.29) is 5.91 Å². The van der Waals surface area contributed by atoms with Gasteiger partial charge >= 0.3 is 0 Å². The van der Waals surface area contributed by atoms with Crippen LogP contribution in [0.15, 0.2) is 18.3 Å². The molecule has 2 aromatic rings. The van der Waals surface area contributed by atoms with E-state index in [9.17, 15) is 10.1 Å². The number of carbonyl (C=O) groups excluding carboxylic acids is 1. The first-order chi connectivity index (χ1) is 12.5. The number of rotatable bonds is 5. The Kier molecular flexibility index (Phi) is 5.96. The van der Waals surface area contributed by atoms with Gasteiger partial charge in [0.15, 0.2) is 5.13 Å². The Bertz CT molecular complexity index is 826. The summed E-state index contributed by atoms with van der Waals surface area (Å²) in [6.45, 7) is 6.33. The molecule has 136 valence electrons. The van der Waals surface area contributed by atoms with E-state index >= 15 is 0 Å². The number of anilines is 1. The average molecular weight is 369 g/mol. The summed E-state index contributed by atoms with van der Waals surface area (Å²) in [5.41, 5.74) is 2.50. The lowest BCUT2D eigenvalue weighted by molar-refractivity contribution is -0.114. The third kappa shape index (κ3) is 4.87. The predicted molar refractivity (Wildman–Crippen MR) is 102 cm³/mol. The molecule has 0 radical (unpaired) electrons. The molecule has 1 fully saturated rings. The van der Waals surface area contributed by atoms with E-state index in [1.54, 1.807) is 0 Å². The molecule has 1 aliphatic heterocycles. The lowest BCUT2D eigenvalue weighted by atomic mass is 9.90. The van der Waals surface area contributed by atoms with Gasteiger partial charge in [0.1, 0.15) is 11.8 Å². The van der Waals surface area contributed by atoms with Gasteiger partial charge in [0.2, 0.25) is 5.91 Å². The molecule has 6 nitrogen and oxygen atoms in total. The molecular formula is C19H23N5OS. The molecule has 0 aliphatic carbocycles. The molecule has 0 aromatic carbocycles. The van der Waals surface area contributed by atoms with E-state index in [0.717, 1.165) is 48.6 Å². The highest BCUT2D eigenvalue weighted by atomic mass is 32.1. The van der Waals surface area contributed by atoms with Gasteiger partial charge in [0, 0.05) is 36.8 Å². The van der Waals surface area contributed by atoms with Gasteiger partial charge in [0.05, 0.1) is 0 Å². The molecule has 0 bridgehead atoms. The molecule has 0 saturated carbocycles. The molecule has 3 heterocycles. The van der Waals surface area contributed by atoms with Crippen LogP contribution >= 0.6 is 11.3 Å². The summed E-state index contributed by atoms with van der Waals surface area (Å²) in [6.07, 6.45) is 5.07. The molecule has 1 unspecified atom stereocenters. The van der Waals surface area contributed by atoms with Crippen LogP contribution in [0.5, 0.6) is 0 Å². The topological polar surface area (TPSA) is 81.9 Å². The van der Waals surface area contributed by atoms with Crippen LogP contribution in [-0.4, -0.2) is 33.9 Å². The van der Waals surface area contributed by atoms with Gasteiger partial charge in [-0.25, -0.2) is 9.97 Å². The van der Waals surface area contributed by atoms with Crippen LogP contribution in [0, 0.1) is 24.2 Å². The van der Waals surface area contributed by atoms with Crippen molar-refractivity contribution in [1.29, 1.82) is 5.26 Å². The van der Waals surface area contributed by atoms with Gasteiger partial charge in [-0.3, -0.25) is 9.69 Å². The Morgan fingerprint density at radius 1 is 1.50 bits per heavy atom. The van der Waals surface area contributed by atoms with Gasteiger partial charge in [-0.2, -0.15) is 5.26 Å². The highest BCUT2D eigenvalue weighted by Gasteiger charge is 2.22. The van der Waals surface area contributed by atoms with Crippen molar-refractivity contribution in [2.45, 2.75) is 39.7 Å². The number of pyridine rings is 1. The maximum Gasteiger partial charge on any atom is 0.223 e. The first-order valence-electron chi connectivity index (χ1n) is 8.84. The highest BCUT2D eigenvalue weighted by Crippen LogP contribution is 2.25. The lowest BCUT2D eigenvalue weighted by Crippen LogP contribution is -2.35. The first kappa shape index (κ1) is 18.5. The molecule has 7 heteroatoms. The molecule has 1 atom stereocenters. The van der Waals surface area contributed by atoms with E-state index in [0.29, 0.717) is 16.7 Å². The molecule has 3 rings (SSSR count). The minimum absolute atomic E-state index is 0.0936. The Balaban J connectivity index is 1.60. The van der Waals surface area contributed by atoms with Gasteiger partial charge in [-0.15, -0.1) is 11.3 Å². The quantitative estimate of drug-likeness (QED) is 0.875. The third-order valence-electron chi connectivity index (χ3n) is 4.55. The molecule has 1 amide bonds. The highest BCUT2D eigenvalue weighted by molar-refractivity contribution is 7.15. The molecule has 0 spiro atoms. The van der Waals surface area contributed by atoms with Crippen LogP contribution in [-0.2, 0) is 17.8 Å². The number of nitriles is 1. The summed E-state index contributed by atoms with van der Waals surface area (Å²) in [5.74, 6) is 0.437. The average Bonchev–Trinajstić information content (AvgIpc) is 3.03. The minimum atomic E-state index is -0.0936. The van der Waals surface area contributed by atoms with Crippen molar-refractivity contribution in [3.8, 4) is 6.07 Å². The number of nitrogens with zero attached hydrogens (tertiary/aromatic N) is 4. The standard InChI is InChI=1S/C19H23N5OS/c1-13-5-6-16(18(9-20)22-13)8-15-4-3-7-24(11-15)12-17-10-21-19(26-17)23-14(2)25/h5-6,10,15H,3-4,7-8,11-12H2,1-2H3,(H,21,23,25). The Morgan fingerprint density at radius 3 is 3.12 bits per heavy atom. The number of aryl methyl sites for hydroxylation is 1. The van der Waals surface area contributed by atoms with E-state index in [2.05, 4.69) is 26.3 Å². The Morgan fingerprint density at radius 2 is 2.35 bits per heavy atom. The van der Waals surface area contributed by atoms with Crippen molar-refractivity contribution >= 4 is 22.4 Å². The van der Waals surface area contributed by atoms with Gasteiger partial charge < -0.3 is 5.32 Å². The van der Waals surface area contributed by atoms with Gasteiger partial charge in [-0.05, 0) is 50.3 Å². The zero-order chi connectivity index (χ0) is 18.5. The lowest BCUT2D eigenvalue weighted by Gasteiger charge is -2.32. The van der Waals surface area contributed by atoms with Gasteiger partial charge in [0.25, 0.3) is 0 Å². The summed E-state index contributed by atoms with van der Waals surface area (Å²) in [5, 5.41) is 12.7. The maximum atomic E-state index is 11.1. The van der Waals surface area contributed by atoms with Crippen molar-refractivity contribution < 1.29 is 4.79 Å². The Hall–Kier alpha value is -2.30. The van der Waals surface area contributed by atoms with Crippen LogP contribution in [0.4, 0.5) is 5.13 Å². The maximum absolute atomic E-state index is 11.1. The fourth-order valence-electron chi connectivity index (χ4n) is 3.43. The van der Waals surface area contributed by atoms with E-state index in [1.807, 2.05) is 25.3 Å². The number of amides is 1. The second kappa shape index (κ2) is 8.39. The van der Waals surface area contributed by atoms with Crippen molar-refractivity contribution in [3.63, 3.8) is 0 Å². The van der Waals surface area contributed by atoms with Crippen molar-refractivity contribution in [1.82, 2.24) is 14.9 Å². The third-order valence-corrected chi connectivity index (χ3v) is 5.45. The smallest absolute Gasteiger partial charge is 0.223 e. The number of piperidine rings is 1. The molecule has 2 aromatic heterocycles. The molecule has 26 heavy (non-hydrogen) atoms. The fourth-order valence-corrected chi connectivity index (χ4v) is 4.33. The molecular weight excluding hydrogens is 346 g/mol. The molecule has 1 N–H and O–H groups in total. The van der Waals surface area contributed by atoms with Crippen molar-refractivity contribution in [2.24, 2.45) is 5.92 Å². The van der Waals surface area contributed by atoms with Crippen LogP contribution < -0.4 is 5.32 Å². The monoisotopic (exact) mass is 369 g/mol. The second-order valence-electron chi connectivity index (χ2n) is 6.83. The predicted octanol–water partition coefficient (Wildman–Crippen LogP) is 3.13.